The van der Waals surface area contributed by atoms with Crippen molar-refractivity contribution in [1.82, 2.24) is 25.2 Å². The van der Waals surface area contributed by atoms with Crippen LogP contribution in [0.4, 0.5) is 5.82 Å². The average Bonchev–Trinajstić information content (AvgIpc) is 2.76. The molecule has 1 amide bonds. The lowest BCUT2D eigenvalue weighted by Gasteiger charge is -2.05. The summed E-state index contributed by atoms with van der Waals surface area (Å²) in [5, 5.41) is 13.1. The Hall–Kier alpha value is -1.83. The zero-order valence-corrected chi connectivity index (χ0v) is 10.5. The van der Waals surface area contributed by atoms with Gasteiger partial charge in [-0.15, -0.1) is 5.10 Å². The molecule has 0 bridgehead atoms. The van der Waals surface area contributed by atoms with Gasteiger partial charge < -0.3 is 5.32 Å². The highest BCUT2D eigenvalue weighted by atomic mass is 79.9. The number of hydrogen-bond donors (Lipinski definition) is 1. The fourth-order valence-electron chi connectivity index (χ4n) is 1.19. The molecule has 0 aliphatic rings. The van der Waals surface area contributed by atoms with Crippen LogP contribution >= 0.6 is 15.9 Å². The summed E-state index contributed by atoms with van der Waals surface area (Å²) in [6.45, 7) is 1.98. The van der Waals surface area contributed by atoms with Crippen molar-refractivity contribution in [3.8, 4) is 0 Å². The highest BCUT2D eigenvalue weighted by molar-refractivity contribution is 9.10. The van der Waals surface area contributed by atoms with Gasteiger partial charge in [0.2, 0.25) is 5.91 Å². The van der Waals surface area contributed by atoms with Crippen molar-refractivity contribution in [3.63, 3.8) is 0 Å². The number of amides is 1. The number of rotatable bonds is 3. The number of hydrogen-bond acceptors (Lipinski definition) is 5. The third-order valence-corrected chi connectivity index (χ3v) is 2.84. The minimum atomic E-state index is -0.230. The number of halogens is 1. The van der Waals surface area contributed by atoms with Gasteiger partial charge in [-0.3, -0.25) is 4.79 Å². The lowest BCUT2D eigenvalue weighted by Crippen LogP contribution is -2.19. The molecular weight excluding hydrogens is 288 g/mol. The highest BCUT2D eigenvalue weighted by Gasteiger charge is 2.06. The van der Waals surface area contributed by atoms with E-state index < -0.39 is 0 Å². The molecule has 0 aliphatic carbocycles. The molecule has 2 aromatic heterocycles. The monoisotopic (exact) mass is 296 g/mol. The Bertz CT molecular complexity index is 526. The van der Waals surface area contributed by atoms with E-state index >= 15 is 0 Å². The van der Waals surface area contributed by atoms with E-state index in [-0.39, 0.29) is 12.5 Å². The van der Waals surface area contributed by atoms with Gasteiger partial charge >= 0.3 is 0 Å². The topological polar surface area (TPSA) is 85.6 Å². The predicted octanol–water partition coefficient (Wildman–Crippen LogP) is 0.778. The number of pyridine rings is 1. The van der Waals surface area contributed by atoms with E-state index in [0.29, 0.717) is 5.82 Å². The van der Waals surface area contributed by atoms with E-state index in [1.165, 1.54) is 11.0 Å². The zero-order valence-electron chi connectivity index (χ0n) is 8.96. The Morgan fingerprint density at radius 1 is 1.59 bits per heavy atom. The fourth-order valence-corrected chi connectivity index (χ4v) is 1.41. The van der Waals surface area contributed by atoms with E-state index in [4.69, 9.17) is 0 Å². The van der Waals surface area contributed by atoms with Gasteiger partial charge in [-0.25, -0.2) is 9.67 Å². The molecular formula is C9H9BrN6O. The largest absolute Gasteiger partial charge is 0.309 e. The SMILES string of the molecule is Cc1cc(NC(=O)Cn2cnnn2)ncc1Br. The van der Waals surface area contributed by atoms with Gasteiger partial charge in [0.1, 0.15) is 18.7 Å². The van der Waals surface area contributed by atoms with Crippen molar-refractivity contribution >= 4 is 27.7 Å². The smallest absolute Gasteiger partial charge is 0.247 e. The molecule has 0 spiro atoms. The first-order chi connectivity index (χ1) is 8.15. The van der Waals surface area contributed by atoms with Crippen LogP contribution in [0.5, 0.6) is 0 Å². The normalized spacial score (nSPS) is 10.2. The number of carbonyl (C=O) groups is 1. The van der Waals surface area contributed by atoms with Crippen LogP contribution in [0.3, 0.4) is 0 Å². The molecule has 8 heteroatoms. The molecule has 2 rings (SSSR count). The molecule has 1 N–H and O–H groups in total. The summed E-state index contributed by atoms with van der Waals surface area (Å²) in [5.74, 6) is 0.273. The average molecular weight is 297 g/mol. The second-order valence-corrected chi connectivity index (χ2v) is 4.23. The number of nitrogens with zero attached hydrogens (tertiary/aromatic N) is 5. The van der Waals surface area contributed by atoms with Crippen LogP contribution in [0, 0.1) is 6.92 Å². The molecule has 0 radical (unpaired) electrons. The van der Waals surface area contributed by atoms with Crippen LogP contribution in [0.25, 0.3) is 0 Å². The first-order valence-electron chi connectivity index (χ1n) is 4.78. The van der Waals surface area contributed by atoms with Crippen LogP contribution in [-0.4, -0.2) is 31.1 Å². The van der Waals surface area contributed by atoms with Crippen molar-refractivity contribution < 1.29 is 4.79 Å². The predicted molar refractivity (Wildman–Crippen MR) is 63.1 cm³/mol. The lowest BCUT2D eigenvalue weighted by atomic mass is 10.3. The van der Waals surface area contributed by atoms with E-state index in [1.54, 1.807) is 12.3 Å². The van der Waals surface area contributed by atoms with Crippen LogP contribution in [0.15, 0.2) is 23.1 Å². The summed E-state index contributed by atoms with van der Waals surface area (Å²) in [6, 6.07) is 1.78. The Morgan fingerprint density at radius 3 is 3.06 bits per heavy atom. The maximum absolute atomic E-state index is 11.6. The summed E-state index contributed by atoms with van der Waals surface area (Å²) < 4.78 is 2.23. The second-order valence-electron chi connectivity index (χ2n) is 3.37. The summed E-state index contributed by atoms with van der Waals surface area (Å²) in [6.07, 6.45) is 3.02. The standard InChI is InChI=1S/C9H9BrN6O/c1-6-2-8(11-3-7(6)10)13-9(17)4-16-5-12-14-15-16/h2-3,5H,4H2,1H3,(H,11,13,17). The number of nitrogens with one attached hydrogen (secondary N) is 1. The van der Waals surface area contributed by atoms with E-state index in [1.807, 2.05) is 6.92 Å². The van der Waals surface area contributed by atoms with Gasteiger partial charge in [0.05, 0.1) is 0 Å². The van der Waals surface area contributed by atoms with Gasteiger partial charge in [-0.2, -0.15) is 0 Å². The molecule has 0 fully saturated rings. The molecule has 0 saturated carbocycles. The minimum absolute atomic E-state index is 0.0593. The van der Waals surface area contributed by atoms with Gasteiger partial charge in [0.15, 0.2) is 0 Å². The third kappa shape index (κ3) is 3.06. The van der Waals surface area contributed by atoms with Crippen molar-refractivity contribution in [3.05, 3.63) is 28.6 Å². The Kier molecular flexibility index (Phi) is 3.43. The molecule has 2 heterocycles. The Morgan fingerprint density at radius 2 is 2.41 bits per heavy atom. The number of anilines is 1. The van der Waals surface area contributed by atoms with E-state index in [2.05, 4.69) is 41.8 Å². The molecule has 2 aromatic rings. The molecule has 0 unspecified atom stereocenters. The number of aryl methyl sites for hydroxylation is 1. The second kappa shape index (κ2) is 5.00. The van der Waals surface area contributed by atoms with Gasteiger partial charge in [0.25, 0.3) is 0 Å². The van der Waals surface area contributed by atoms with E-state index in [0.717, 1.165) is 10.0 Å². The summed E-state index contributed by atoms with van der Waals surface area (Å²) >= 11 is 3.34. The summed E-state index contributed by atoms with van der Waals surface area (Å²) in [7, 11) is 0. The van der Waals surface area contributed by atoms with Crippen molar-refractivity contribution in [2.45, 2.75) is 13.5 Å². The Labute approximate surface area is 105 Å². The quantitative estimate of drug-likeness (QED) is 0.904. The molecule has 0 saturated heterocycles. The highest BCUT2D eigenvalue weighted by Crippen LogP contribution is 2.17. The van der Waals surface area contributed by atoms with Gasteiger partial charge in [-0.05, 0) is 44.9 Å². The third-order valence-electron chi connectivity index (χ3n) is 2.01. The van der Waals surface area contributed by atoms with Crippen molar-refractivity contribution in [2.24, 2.45) is 0 Å². The van der Waals surface area contributed by atoms with Crippen LogP contribution < -0.4 is 5.32 Å². The Balaban J connectivity index is 2.00. The fraction of sp³-hybridized carbons (Fsp3) is 0.222. The maximum atomic E-state index is 11.6. The molecule has 7 nitrogen and oxygen atoms in total. The first kappa shape index (κ1) is 11.6. The number of carbonyl (C=O) groups excluding carboxylic acids is 1. The summed E-state index contributed by atoms with van der Waals surface area (Å²) in [4.78, 5) is 15.7. The molecule has 17 heavy (non-hydrogen) atoms. The van der Waals surface area contributed by atoms with Crippen molar-refractivity contribution in [1.29, 1.82) is 0 Å². The zero-order chi connectivity index (χ0) is 12.3. The molecule has 0 aliphatic heterocycles. The lowest BCUT2D eigenvalue weighted by molar-refractivity contribution is -0.116. The van der Waals surface area contributed by atoms with Gasteiger partial charge in [0, 0.05) is 10.7 Å². The maximum Gasteiger partial charge on any atom is 0.247 e. The van der Waals surface area contributed by atoms with Gasteiger partial charge in [-0.1, -0.05) is 0 Å². The van der Waals surface area contributed by atoms with Crippen molar-refractivity contribution in [2.75, 3.05) is 5.32 Å². The number of aromatic nitrogens is 5. The van der Waals surface area contributed by atoms with Crippen LogP contribution in [0.1, 0.15) is 5.56 Å². The summed E-state index contributed by atoms with van der Waals surface area (Å²) in [5.41, 5.74) is 0.998. The van der Waals surface area contributed by atoms with E-state index in [9.17, 15) is 4.79 Å². The minimum Gasteiger partial charge on any atom is -0.309 e. The van der Waals surface area contributed by atoms with Crippen LogP contribution in [0.2, 0.25) is 0 Å². The molecule has 88 valence electrons. The molecule has 0 atom stereocenters. The molecule has 0 aromatic carbocycles. The van der Waals surface area contributed by atoms with Crippen LogP contribution in [-0.2, 0) is 11.3 Å². The number of tetrazole rings is 1. The first-order valence-corrected chi connectivity index (χ1v) is 5.57.